The van der Waals surface area contributed by atoms with Crippen molar-refractivity contribution in [1.82, 2.24) is 0 Å². The zero-order valence-electron chi connectivity index (χ0n) is 13.1. The van der Waals surface area contributed by atoms with E-state index < -0.39 is 0 Å². The van der Waals surface area contributed by atoms with Gasteiger partial charge in [-0.3, -0.25) is 0 Å². The van der Waals surface area contributed by atoms with Crippen LogP contribution >= 0.6 is 12.2 Å². The first-order valence-corrected chi connectivity index (χ1v) is 7.94. The summed E-state index contributed by atoms with van der Waals surface area (Å²) >= 11 is 5.42. The number of thiocarbonyl (C=S) groups is 1. The van der Waals surface area contributed by atoms with Crippen LogP contribution in [-0.4, -0.2) is 12.2 Å². The summed E-state index contributed by atoms with van der Waals surface area (Å²) in [5, 5.41) is 7.04. The Labute approximate surface area is 137 Å². The Kier molecular flexibility index (Phi) is 6.22. The standard InChI is InChI=1S/C18H22N2OS/c1-3-4-9-14-10-5-6-11-15(14)19-18(22)20-16-12-7-8-13-17(16)21-2/h5-8,10-13H,3-4,9H2,1-2H3,(H2,19,20,22). The summed E-state index contributed by atoms with van der Waals surface area (Å²) in [5.41, 5.74) is 3.20. The zero-order valence-corrected chi connectivity index (χ0v) is 13.9. The first-order chi connectivity index (χ1) is 10.7. The average Bonchev–Trinajstić information content (AvgIpc) is 2.54. The van der Waals surface area contributed by atoms with Gasteiger partial charge in [0.25, 0.3) is 0 Å². The van der Waals surface area contributed by atoms with E-state index in [-0.39, 0.29) is 0 Å². The molecule has 22 heavy (non-hydrogen) atoms. The summed E-state index contributed by atoms with van der Waals surface area (Å²) in [6.07, 6.45) is 3.40. The minimum atomic E-state index is 0.563. The molecule has 0 aliphatic heterocycles. The van der Waals surface area contributed by atoms with Crippen molar-refractivity contribution in [2.45, 2.75) is 26.2 Å². The molecule has 0 unspecified atom stereocenters. The molecular weight excluding hydrogens is 292 g/mol. The highest BCUT2D eigenvalue weighted by molar-refractivity contribution is 7.80. The molecule has 0 aliphatic carbocycles. The van der Waals surface area contributed by atoms with Crippen molar-refractivity contribution in [1.29, 1.82) is 0 Å². The molecule has 0 saturated carbocycles. The molecule has 0 aliphatic rings. The van der Waals surface area contributed by atoms with E-state index in [4.69, 9.17) is 17.0 Å². The second-order valence-electron chi connectivity index (χ2n) is 5.04. The quantitative estimate of drug-likeness (QED) is 0.747. The van der Waals surface area contributed by atoms with Crippen LogP contribution in [0, 0.1) is 0 Å². The smallest absolute Gasteiger partial charge is 0.175 e. The largest absolute Gasteiger partial charge is 0.495 e. The van der Waals surface area contributed by atoms with E-state index in [2.05, 4.69) is 35.8 Å². The third-order valence-electron chi connectivity index (χ3n) is 3.42. The van der Waals surface area contributed by atoms with Crippen LogP contribution in [0.1, 0.15) is 25.3 Å². The minimum Gasteiger partial charge on any atom is -0.495 e. The van der Waals surface area contributed by atoms with Crippen LogP contribution in [0.3, 0.4) is 0 Å². The Balaban J connectivity index is 2.06. The fraction of sp³-hybridized carbons (Fsp3) is 0.278. The van der Waals surface area contributed by atoms with E-state index in [1.165, 1.54) is 18.4 Å². The predicted octanol–water partition coefficient (Wildman–Crippen LogP) is 4.85. The number of aryl methyl sites for hydroxylation is 1. The molecule has 0 heterocycles. The maximum atomic E-state index is 5.42. The van der Waals surface area contributed by atoms with Crippen LogP contribution in [0.25, 0.3) is 0 Å². The van der Waals surface area contributed by atoms with E-state index in [1.807, 2.05) is 30.3 Å². The van der Waals surface area contributed by atoms with E-state index in [0.717, 1.165) is 23.5 Å². The van der Waals surface area contributed by atoms with Crippen molar-refractivity contribution < 1.29 is 4.74 Å². The van der Waals surface area contributed by atoms with Crippen molar-refractivity contribution >= 4 is 28.7 Å². The molecule has 0 bridgehead atoms. The maximum absolute atomic E-state index is 5.42. The summed E-state index contributed by atoms with van der Waals surface area (Å²) in [4.78, 5) is 0. The van der Waals surface area contributed by atoms with Gasteiger partial charge in [0.2, 0.25) is 0 Å². The summed E-state index contributed by atoms with van der Waals surface area (Å²) in [6.45, 7) is 2.20. The van der Waals surface area contributed by atoms with Gasteiger partial charge in [-0.1, -0.05) is 43.7 Å². The van der Waals surface area contributed by atoms with Gasteiger partial charge in [-0.05, 0) is 48.8 Å². The van der Waals surface area contributed by atoms with Gasteiger partial charge >= 0.3 is 0 Å². The lowest BCUT2D eigenvalue weighted by Gasteiger charge is -2.15. The summed E-state index contributed by atoms with van der Waals surface area (Å²) in [7, 11) is 1.65. The molecule has 3 nitrogen and oxygen atoms in total. The number of hydrogen-bond donors (Lipinski definition) is 2. The second-order valence-corrected chi connectivity index (χ2v) is 5.45. The van der Waals surface area contributed by atoms with E-state index in [1.54, 1.807) is 7.11 Å². The molecule has 2 aromatic rings. The molecular formula is C18H22N2OS. The van der Waals surface area contributed by atoms with Crippen LogP contribution in [0.15, 0.2) is 48.5 Å². The lowest BCUT2D eigenvalue weighted by atomic mass is 10.1. The van der Waals surface area contributed by atoms with Crippen LogP contribution in [0.2, 0.25) is 0 Å². The van der Waals surface area contributed by atoms with Gasteiger partial charge in [0.05, 0.1) is 12.8 Å². The first-order valence-electron chi connectivity index (χ1n) is 7.53. The molecule has 2 aromatic carbocycles. The third kappa shape index (κ3) is 4.46. The minimum absolute atomic E-state index is 0.563. The number of ether oxygens (including phenoxy) is 1. The molecule has 2 rings (SSSR count). The Bertz CT molecular complexity index is 628. The molecule has 0 radical (unpaired) electrons. The molecule has 0 spiro atoms. The highest BCUT2D eigenvalue weighted by Crippen LogP contribution is 2.24. The van der Waals surface area contributed by atoms with Gasteiger partial charge in [0.1, 0.15) is 5.75 Å². The highest BCUT2D eigenvalue weighted by atomic mass is 32.1. The SMILES string of the molecule is CCCCc1ccccc1NC(=S)Nc1ccccc1OC. The topological polar surface area (TPSA) is 33.3 Å². The monoisotopic (exact) mass is 314 g/mol. The Morgan fingerprint density at radius 1 is 1.00 bits per heavy atom. The molecule has 0 saturated heterocycles. The van der Waals surface area contributed by atoms with Crippen molar-refractivity contribution in [3.63, 3.8) is 0 Å². The summed E-state index contributed by atoms with van der Waals surface area (Å²) in [6, 6.07) is 16.0. The molecule has 0 fully saturated rings. The van der Waals surface area contributed by atoms with Gasteiger partial charge in [-0.25, -0.2) is 0 Å². The van der Waals surface area contributed by atoms with Crippen LogP contribution in [0.5, 0.6) is 5.75 Å². The first kappa shape index (κ1) is 16.3. The van der Waals surface area contributed by atoms with Gasteiger partial charge in [-0.15, -0.1) is 0 Å². The third-order valence-corrected chi connectivity index (χ3v) is 3.62. The number of methoxy groups -OCH3 is 1. The predicted molar refractivity (Wildman–Crippen MR) is 97.9 cm³/mol. The fourth-order valence-corrected chi connectivity index (χ4v) is 2.47. The number of para-hydroxylation sites is 3. The van der Waals surface area contributed by atoms with Crippen molar-refractivity contribution in [3.05, 3.63) is 54.1 Å². The fourth-order valence-electron chi connectivity index (χ4n) is 2.25. The van der Waals surface area contributed by atoms with Crippen LogP contribution in [0.4, 0.5) is 11.4 Å². The van der Waals surface area contributed by atoms with Gasteiger partial charge in [0.15, 0.2) is 5.11 Å². The summed E-state index contributed by atoms with van der Waals surface area (Å²) in [5.74, 6) is 0.769. The number of nitrogens with one attached hydrogen (secondary N) is 2. The Hall–Kier alpha value is -2.07. The zero-order chi connectivity index (χ0) is 15.8. The highest BCUT2D eigenvalue weighted by Gasteiger charge is 2.06. The number of unbranched alkanes of at least 4 members (excludes halogenated alkanes) is 1. The van der Waals surface area contributed by atoms with E-state index in [9.17, 15) is 0 Å². The maximum Gasteiger partial charge on any atom is 0.175 e. The van der Waals surface area contributed by atoms with Crippen LogP contribution in [-0.2, 0) is 6.42 Å². The molecule has 116 valence electrons. The molecule has 0 amide bonds. The van der Waals surface area contributed by atoms with Crippen molar-refractivity contribution in [2.24, 2.45) is 0 Å². The van der Waals surface area contributed by atoms with E-state index in [0.29, 0.717) is 5.11 Å². The lowest BCUT2D eigenvalue weighted by molar-refractivity contribution is 0.417. The Morgan fingerprint density at radius 2 is 1.64 bits per heavy atom. The summed E-state index contributed by atoms with van der Waals surface area (Å²) < 4.78 is 5.32. The van der Waals surface area contributed by atoms with Gasteiger partial charge in [-0.2, -0.15) is 0 Å². The van der Waals surface area contributed by atoms with Crippen molar-refractivity contribution in [3.8, 4) is 5.75 Å². The second kappa shape index (κ2) is 8.39. The van der Waals surface area contributed by atoms with Crippen LogP contribution < -0.4 is 15.4 Å². The normalized spacial score (nSPS) is 10.1. The number of benzene rings is 2. The number of hydrogen-bond acceptors (Lipinski definition) is 2. The Morgan fingerprint density at radius 3 is 2.36 bits per heavy atom. The number of anilines is 2. The van der Waals surface area contributed by atoms with E-state index >= 15 is 0 Å². The molecule has 4 heteroatoms. The van der Waals surface area contributed by atoms with Gasteiger partial charge in [0, 0.05) is 5.69 Å². The molecule has 2 N–H and O–H groups in total. The van der Waals surface area contributed by atoms with Gasteiger partial charge < -0.3 is 15.4 Å². The van der Waals surface area contributed by atoms with Crippen molar-refractivity contribution in [2.75, 3.05) is 17.7 Å². The average molecular weight is 314 g/mol. The lowest BCUT2D eigenvalue weighted by Crippen LogP contribution is -2.20. The molecule has 0 aromatic heterocycles. The number of rotatable bonds is 6. The molecule has 0 atom stereocenters.